The van der Waals surface area contributed by atoms with E-state index in [-0.39, 0.29) is 32.2 Å². The van der Waals surface area contributed by atoms with Crippen molar-refractivity contribution >= 4 is 35.0 Å². The number of hydrogen-bond acceptors (Lipinski definition) is 10. The highest BCUT2D eigenvalue weighted by Crippen LogP contribution is 2.33. The quantitative estimate of drug-likeness (QED) is 0.143. The Morgan fingerprint density at radius 3 is 2.46 bits per heavy atom. The molecule has 52 heavy (non-hydrogen) atoms. The van der Waals surface area contributed by atoms with Gasteiger partial charge in [0.25, 0.3) is 0 Å². The molecule has 0 unspecified atom stereocenters. The van der Waals surface area contributed by atoms with Gasteiger partial charge in [0.2, 0.25) is 0 Å². The summed E-state index contributed by atoms with van der Waals surface area (Å²) in [5.41, 5.74) is 3.09. The van der Waals surface area contributed by atoms with E-state index in [1.807, 2.05) is 60.9 Å². The summed E-state index contributed by atoms with van der Waals surface area (Å²) in [6, 6.07) is 14.6. The van der Waals surface area contributed by atoms with E-state index in [1.165, 1.54) is 29.0 Å². The lowest BCUT2D eigenvalue weighted by Crippen LogP contribution is -2.41. The maximum atomic E-state index is 15.1. The molecular weight excluding hydrogens is 671 g/mol. The average Bonchev–Trinajstić information content (AvgIpc) is 3.66. The maximum absolute atomic E-state index is 15.1. The highest BCUT2D eigenvalue weighted by Gasteiger charge is 2.41. The molecule has 0 aliphatic carbocycles. The molecule has 3 atom stereocenters. The summed E-state index contributed by atoms with van der Waals surface area (Å²) in [4.78, 5) is 51.0. The molecule has 1 aliphatic rings. The summed E-state index contributed by atoms with van der Waals surface area (Å²) in [6.07, 6.45) is -1.27. The fourth-order valence-corrected chi connectivity index (χ4v) is 6.22. The summed E-state index contributed by atoms with van der Waals surface area (Å²) < 4.78 is 38.9. The number of anilines is 1. The van der Waals surface area contributed by atoms with Gasteiger partial charge in [0, 0.05) is 44.8 Å². The smallest absolute Gasteiger partial charge is 0.410 e. The molecule has 13 nitrogen and oxygen atoms in total. The van der Waals surface area contributed by atoms with E-state index in [4.69, 9.17) is 23.9 Å². The molecule has 1 N–H and O–H groups in total. The Balaban J connectivity index is 1.39. The van der Waals surface area contributed by atoms with Gasteiger partial charge in [0.1, 0.15) is 35.7 Å². The minimum absolute atomic E-state index is 0.0641. The third kappa shape index (κ3) is 8.97. The Morgan fingerprint density at radius 2 is 1.79 bits per heavy atom. The van der Waals surface area contributed by atoms with Gasteiger partial charge in [-0.15, -0.1) is 0 Å². The fourth-order valence-electron chi connectivity index (χ4n) is 6.22. The SMILES string of the molecule is COC(=O)[C@@H]1C[C@H](Nc2nc(-c3cc(F)cc4nc(C)n(C[C@H](CN(C)C(=O)OC(C)(C)C)OC)c34)ccc2C)CN1C(=O)OCc1ccccc1. The Labute approximate surface area is 303 Å². The molecule has 0 saturated carbocycles. The van der Waals surface area contributed by atoms with Crippen LogP contribution in [0.4, 0.5) is 19.8 Å². The Kier molecular flexibility index (Phi) is 11.7. The lowest BCUT2D eigenvalue weighted by Gasteiger charge is -2.27. The molecule has 14 heteroatoms. The number of rotatable bonds is 11. The number of amides is 2. The molecular formula is C38H47FN6O7. The topological polar surface area (TPSA) is 137 Å². The highest BCUT2D eigenvalue weighted by molar-refractivity contribution is 5.92. The fraction of sp³-hybridized carbons (Fsp3) is 0.447. The molecule has 278 valence electrons. The number of halogens is 1. The molecule has 4 aromatic rings. The third-order valence-corrected chi connectivity index (χ3v) is 8.83. The van der Waals surface area contributed by atoms with Gasteiger partial charge in [-0.3, -0.25) is 4.90 Å². The number of hydrogen-bond donors (Lipinski definition) is 1. The van der Waals surface area contributed by atoms with Gasteiger partial charge in [0.05, 0.1) is 43.0 Å². The van der Waals surface area contributed by atoms with Crippen LogP contribution in [-0.4, -0.2) is 101 Å². The number of benzene rings is 2. The number of carbonyl (C=O) groups is 3. The van der Waals surface area contributed by atoms with Crippen LogP contribution < -0.4 is 5.32 Å². The van der Waals surface area contributed by atoms with Crippen LogP contribution >= 0.6 is 0 Å². The zero-order valence-electron chi connectivity index (χ0n) is 30.9. The number of likely N-dealkylation sites (tertiary alicyclic amines) is 1. The van der Waals surface area contributed by atoms with Crippen molar-refractivity contribution in [2.75, 3.05) is 39.7 Å². The molecule has 1 fully saturated rings. The first-order chi connectivity index (χ1) is 24.7. The standard InChI is InChI=1S/C38H47FN6O7/c1-23-14-15-30(42-34(23)41-27-18-32(35(46)50-8)45(19-27)37(48)51-22-25-12-10-9-11-13-25)29-16-26(39)17-31-33(29)44(24(2)40-31)21-28(49-7)20-43(6)36(47)52-38(3,4)5/h9-17,27-28,32H,18-22H2,1-8H3,(H,41,42)/t27-,28-,32-/m0/s1. The minimum atomic E-state index is -0.850. The van der Waals surface area contributed by atoms with Gasteiger partial charge in [0.15, 0.2) is 0 Å². The van der Waals surface area contributed by atoms with E-state index in [1.54, 1.807) is 34.9 Å². The summed E-state index contributed by atoms with van der Waals surface area (Å²) in [6.45, 7) is 9.92. The van der Waals surface area contributed by atoms with E-state index in [9.17, 15) is 14.4 Å². The molecule has 2 aromatic heterocycles. The van der Waals surface area contributed by atoms with Crippen LogP contribution in [0, 0.1) is 19.7 Å². The van der Waals surface area contributed by atoms with Crippen molar-refractivity contribution in [2.24, 2.45) is 0 Å². The van der Waals surface area contributed by atoms with E-state index in [0.717, 1.165) is 11.1 Å². The van der Waals surface area contributed by atoms with Crippen molar-refractivity contribution in [3.8, 4) is 11.3 Å². The van der Waals surface area contributed by atoms with E-state index >= 15 is 4.39 Å². The zero-order valence-corrected chi connectivity index (χ0v) is 30.9. The number of esters is 1. The lowest BCUT2D eigenvalue weighted by molar-refractivity contribution is -0.145. The van der Waals surface area contributed by atoms with Crippen LogP contribution in [-0.2, 0) is 36.9 Å². The number of nitrogens with one attached hydrogen (secondary N) is 1. The number of ether oxygens (including phenoxy) is 4. The summed E-state index contributed by atoms with van der Waals surface area (Å²) in [5.74, 6) is 0.128. The van der Waals surface area contributed by atoms with Crippen molar-refractivity contribution in [3.63, 3.8) is 0 Å². The molecule has 3 heterocycles. The van der Waals surface area contributed by atoms with Crippen molar-refractivity contribution in [3.05, 3.63) is 77.4 Å². The number of aromatic nitrogens is 3. The van der Waals surface area contributed by atoms with Crippen LogP contribution in [0.3, 0.4) is 0 Å². The van der Waals surface area contributed by atoms with E-state index in [0.29, 0.717) is 40.5 Å². The van der Waals surface area contributed by atoms with Gasteiger partial charge in [-0.2, -0.15) is 0 Å². The highest BCUT2D eigenvalue weighted by atomic mass is 19.1. The van der Waals surface area contributed by atoms with Crippen LogP contribution in [0.5, 0.6) is 0 Å². The molecule has 1 saturated heterocycles. The lowest BCUT2D eigenvalue weighted by atomic mass is 10.1. The number of fused-ring (bicyclic) bond motifs is 1. The Morgan fingerprint density at radius 1 is 1.06 bits per heavy atom. The molecule has 0 bridgehead atoms. The maximum Gasteiger partial charge on any atom is 0.410 e. The average molecular weight is 719 g/mol. The van der Waals surface area contributed by atoms with Gasteiger partial charge in [-0.05, 0) is 57.9 Å². The number of pyridine rings is 1. The van der Waals surface area contributed by atoms with Crippen molar-refractivity contribution < 1.29 is 37.7 Å². The largest absolute Gasteiger partial charge is 0.467 e. The second kappa shape index (κ2) is 16.0. The second-order valence-corrected chi connectivity index (χ2v) is 14.0. The normalized spacial score (nSPS) is 16.4. The molecule has 5 rings (SSSR count). The Hall–Kier alpha value is -5.24. The number of imidazole rings is 1. The Bertz CT molecular complexity index is 1910. The zero-order chi connectivity index (χ0) is 37.7. The first kappa shape index (κ1) is 38.0. The molecule has 0 spiro atoms. The predicted octanol–water partition coefficient (Wildman–Crippen LogP) is 6.10. The minimum Gasteiger partial charge on any atom is -0.467 e. The van der Waals surface area contributed by atoms with Gasteiger partial charge in [-0.25, -0.2) is 28.7 Å². The van der Waals surface area contributed by atoms with Crippen LogP contribution in [0.1, 0.15) is 44.1 Å². The molecule has 0 radical (unpaired) electrons. The van der Waals surface area contributed by atoms with Crippen molar-refractivity contribution in [1.82, 2.24) is 24.3 Å². The number of nitrogens with zero attached hydrogens (tertiary/aromatic N) is 5. The monoisotopic (exact) mass is 718 g/mol. The molecule has 2 aromatic carbocycles. The van der Waals surface area contributed by atoms with E-state index < -0.39 is 41.7 Å². The van der Waals surface area contributed by atoms with Crippen molar-refractivity contribution in [1.29, 1.82) is 0 Å². The summed E-state index contributed by atoms with van der Waals surface area (Å²) >= 11 is 0. The predicted molar refractivity (Wildman–Crippen MR) is 193 cm³/mol. The third-order valence-electron chi connectivity index (χ3n) is 8.83. The number of likely N-dealkylation sites (N-methyl/N-ethyl adjacent to an activating group) is 1. The van der Waals surface area contributed by atoms with Gasteiger partial charge in [-0.1, -0.05) is 36.4 Å². The second-order valence-electron chi connectivity index (χ2n) is 14.0. The number of carbonyl (C=O) groups excluding carboxylic acids is 3. The molecule has 2 amide bonds. The van der Waals surface area contributed by atoms with E-state index in [2.05, 4.69) is 10.3 Å². The van der Waals surface area contributed by atoms with Crippen molar-refractivity contribution in [2.45, 2.75) is 78.0 Å². The van der Waals surface area contributed by atoms with Crippen LogP contribution in [0.2, 0.25) is 0 Å². The van der Waals surface area contributed by atoms with Gasteiger partial charge >= 0.3 is 18.2 Å². The summed E-state index contributed by atoms with van der Waals surface area (Å²) in [5, 5.41) is 3.41. The number of methoxy groups -OCH3 is 2. The first-order valence-corrected chi connectivity index (χ1v) is 17.1. The first-order valence-electron chi connectivity index (χ1n) is 17.1. The summed E-state index contributed by atoms with van der Waals surface area (Å²) in [7, 11) is 4.50. The van der Waals surface area contributed by atoms with Crippen LogP contribution in [0.25, 0.3) is 22.3 Å². The number of aryl methyl sites for hydroxylation is 2. The molecule has 1 aliphatic heterocycles. The van der Waals surface area contributed by atoms with Gasteiger partial charge < -0.3 is 33.7 Å². The van der Waals surface area contributed by atoms with Crippen LogP contribution in [0.15, 0.2) is 54.6 Å².